The van der Waals surface area contributed by atoms with Gasteiger partial charge in [0.1, 0.15) is 0 Å². The Morgan fingerprint density at radius 3 is 2.79 bits per heavy atom. The Hall–Kier alpha value is -0.980. The van der Waals surface area contributed by atoms with Crippen LogP contribution < -0.4 is 0 Å². The summed E-state index contributed by atoms with van der Waals surface area (Å²) in [6, 6.07) is 0.501. The second-order valence-electron chi connectivity index (χ2n) is 3.98. The van der Waals surface area contributed by atoms with Crippen LogP contribution in [0, 0.1) is 0 Å². The molecule has 1 heterocycles. The largest absolute Gasteiger partial charge is 0.369 e. The lowest BCUT2D eigenvalue weighted by Gasteiger charge is -2.28. The number of rotatable bonds is 3. The van der Waals surface area contributed by atoms with E-state index in [2.05, 4.69) is 43.6 Å². The van der Waals surface area contributed by atoms with Gasteiger partial charge >= 0.3 is 0 Å². The van der Waals surface area contributed by atoms with E-state index in [-0.39, 0.29) is 0 Å². The first-order chi connectivity index (χ1) is 6.66. The van der Waals surface area contributed by atoms with Crippen LogP contribution in [0.25, 0.3) is 0 Å². The lowest BCUT2D eigenvalue weighted by Crippen LogP contribution is -2.29. The SMILES string of the molecule is C=C1CCCN1[C@@H](C)/C(C)=C/C=C\C. The monoisotopic (exact) mass is 191 g/mol. The summed E-state index contributed by atoms with van der Waals surface area (Å²) >= 11 is 0. The number of hydrogen-bond acceptors (Lipinski definition) is 1. The molecule has 1 aliphatic heterocycles. The molecular formula is C13H21N. The van der Waals surface area contributed by atoms with Crippen molar-refractivity contribution < 1.29 is 0 Å². The van der Waals surface area contributed by atoms with Gasteiger partial charge in [-0.25, -0.2) is 0 Å². The molecule has 0 aliphatic carbocycles. The van der Waals surface area contributed by atoms with E-state index in [1.165, 1.54) is 30.7 Å². The molecule has 0 unspecified atom stereocenters. The van der Waals surface area contributed by atoms with Crippen molar-refractivity contribution >= 4 is 0 Å². The fraction of sp³-hybridized carbons (Fsp3) is 0.538. The Balaban J connectivity index is 2.64. The zero-order chi connectivity index (χ0) is 10.6. The molecule has 0 saturated carbocycles. The Bertz CT molecular complexity index is 260. The summed E-state index contributed by atoms with van der Waals surface area (Å²) in [5.74, 6) is 0. The van der Waals surface area contributed by atoms with Crippen molar-refractivity contribution in [3.8, 4) is 0 Å². The molecule has 0 aromatic carbocycles. The standard InChI is InChI=1S/C13H21N/c1-5-6-8-11(2)13(4)14-10-7-9-12(14)3/h5-6,8,13H,3,7,9-10H2,1-2,4H3/b6-5-,11-8+/t13-/m0/s1. The van der Waals surface area contributed by atoms with Gasteiger partial charge < -0.3 is 4.90 Å². The first kappa shape index (κ1) is 11.1. The molecule has 1 atom stereocenters. The Morgan fingerprint density at radius 1 is 1.57 bits per heavy atom. The summed E-state index contributed by atoms with van der Waals surface area (Å²) < 4.78 is 0. The molecule has 0 amide bonds. The maximum atomic E-state index is 4.10. The Morgan fingerprint density at radius 2 is 2.29 bits per heavy atom. The summed E-state index contributed by atoms with van der Waals surface area (Å²) in [4.78, 5) is 2.41. The molecule has 1 saturated heterocycles. The van der Waals surface area contributed by atoms with E-state index in [0.29, 0.717) is 6.04 Å². The van der Waals surface area contributed by atoms with Gasteiger partial charge in [-0.05, 0) is 33.6 Å². The highest BCUT2D eigenvalue weighted by Gasteiger charge is 2.20. The molecule has 1 heteroatoms. The van der Waals surface area contributed by atoms with Gasteiger partial charge in [0, 0.05) is 18.3 Å². The fourth-order valence-electron chi connectivity index (χ4n) is 1.86. The molecule has 0 N–H and O–H groups in total. The van der Waals surface area contributed by atoms with Gasteiger partial charge in [-0.1, -0.05) is 30.4 Å². The van der Waals surface area contributed by atoms with Crippen LogP contribution in [0.2, 0.25) is 0 Å². The third-order valence-electron chi connectivity index (χ3n) is 2.95. The quantitative estimate of drug-likeness (QED) is 0.617. The number of hydrogen-bond donors (Lipinski definition) is 0. The summed E-state index contributed by atoms with van der Waals surface area (Å²) in [6.07, 6.45) is 8.79. The molecule has 0 aromatic rings. The van der Waals surface area contributed by atoms with E-state index in [1.54, 1.807) is 0 Å². The molecule has 1 aliphatic rings. The van der Waals surface area contributed by atoms with Crippen LogP contribution in [0.4, 0.5) is 0 Å². The minimum Gasteiger partial charge on any atom is -0.369 e. The maximum Gasteiger partial charge on any atom is 0.0471 e. The Labute approximate surface area is 87.8 Å². The summed E-state index contributed by atoms with van der Waals surface area (Å²) in [5, 5.41) is 0. The number of likely N-dealkylation sites (tertiary alicyclic amines) is 1. The van der Waals surface area contributed by atoms with E-state index in [0.717, 1.165) is 0 Å². The van der Waals surface area contributed by atoms with E-state index in [1.807, 2.05) is 6.92 Å². The normalized spacial score (nSPS) is 20.9. The van der Waals surface area contributed by atoms with Gasteiger partial charge in [0.15, 0.2) is 0 Å². The highest BCUT2D eigenvalue weighted by molar-refractivity contribution is 5.18. The molecule has 0 spiro atoms. The topological polar surface area (TPSA) is 3.24 Å². The van der Waals surface area contributed by atoms with Gasteiger partial charge in [-0.15, -0.1) is 0 Å². The van der Waals surface area contributed by atoms with Crippen molar-refractivity contribution in [1.82, 2.24) is 4.90 Å². The predicted molar refractivity (Wildman–Crippen MR) is 63.1 cm³/mol. The van der Waals surface area contributed by atoms with Crippen molar-refractivity contribution in [2.75, 3.05) is 6.54 Å². The molecule has 0 radical (unpaired) electrons. The summed E-state index contributed by atoms with van der Waals surface area (Å²) in [6.45, 7) is 11.8. The van der Waals surface area contributed by atoms with Crippen molar-refractivity contribution in [3.05, 3.63) is 36.1 Å². The minimum absolute atomic E-state index is 0.501. The van der Waals surface area contributed by atoms with Gasteiger partial charge in [0.2, 0.25) is 0 Å². The molecular weight excluding hydrogens is 170 g/mol. The molecule has 1 rings (SSSR count). The van der Waals surface area contributed by atoms with E-state index in [4.69, 9.17) is 0 Å². The van der Waals surface area contributed by atoms with E-state index in [9.17, 15) is 0 Å². The van der Waals surface area contributed by atoms with Crippen molar-refractivity contribution in [2.45, 2.75) is 39.7 Å². The number of allylic oxidation sites excluding steroid dienone is 4. The molecule has 1 nitrogen and oxygen atoms in total. The van der Waals surface area contributed by atoms with Crippen molar-refractivity contribution in [2.24, 2.45) is 0 Å². The lowest BCUT2D eigenvalue weighted by molar-refractivity contribution is 0.339. The van der Waals surface area contributed by atoms with Crippen LogP contribution in [0.3, 0.4) is 0 Å². The zero-order valence-corrected chi connectivity index (χ0v) is 9.59. The average molecular weight is 191 g/mol. The van der Waals surface area contributed by atoms with E-state index >= 15 is 0 Å². The average Bonchev–Trinajstić information content (AvgIpc) is 2.59. The van der Waals surface area contributed by atoms with Crippen LogP contribution in [0.5, 0.6) is 0 Å². The van der Waals surface area contributed by atoms with Crippen LogP contribution in [-0.2, 0) is 0 Å². The highest BCUT2D eigenvalue weighted by Crippen LogP contribution is 2.24. The summed E-state index contributed by atoms with van der Waals surface area (Å²) in [7, 11) is 0. The molecule has 14 heavy (non-hydrogen) atoms. The third-order valence-corrected chi connectivity index (χ3v) is 2.95. The van der Waals surface area contributed by atoms with E-state index < -0.39 is 0 Å². The first-order valence-corrected chi connectivity index (χ1v) is 5.40. The van der Waals surface area contributed by atoms with Crippen LogP contribution in [0.15, 0.2) is 36.1 Å². The predicted octanol–water partition coefficient (Wildman–Crippen LogP) is 3.51. The van der Waals surface area contributed by atoms with Gasteiger partial charge in [0.05, 0.1) is 0 Å². The van der Waals surface area contributed by atoms with Gasteiger partial charge in [-0.2, -0.15) is 0 Å². The fourth-order valence-corrected chi connectivity index (χ4v) is 1.86. The molecule has 1 fully saturated rings. The van der Waals surface area contributed by atoms with Crippen LogP contribution >= 0.6 is 0 Å². The first-order valence-electron chi connectivity index (χ1n) is 5.40. The highest BCUT2D eigenvalue weighted by atomic mass is 15.2. The van der Waals surface area contributed by atoms with Crippen LogP contribution in [-0.4, -0.2) is 17.5 Å². The minimum atomic E-state index is 0.501. The number of nitrogens with zero attached hydrogens (tertiary/aromatic N) is 1. The second-order valence-corrected chi connectivity index (χ2v) is 3.98. The van der Waals surface area contributed by atoms with Crippen molar-refractivity contribution in [3.63, 3.8) is 0 Å². The smallest absolute Gasteiger partial charge is 0.0471 e. The zero-order valence-electron chi connectivity index (χ0n) is 9.59. The van der Waals surface area contributed by atoms with Crippen molar-refractivity contribution in [1.29, 1.82) is 0 Å². The molecule has 0 bridgehead atoms. The van der Waals surface area contributed by atoms with Gasteiger partial charge in [0.25, 0.3) is 0 Å². The summed E-state index contributed by atoms with van der Waals surface area (Å²) in [5.41, 5.74) is 2.71. The second kappa shape index (κ2) is 5.04. The van der Waals surface area contributed by atoms with Crippen LogP contribution in [0.1, 0.15) is 33.6 Å². The maximum absolute atomic E-state index is 4.10. The van der Waals surface area contributed by atoms with Gasteiger partial charge in [-0.3, -0.25) is 0 Å². The molecule has 0 aromatic heterocycles. The lowest BCUT2D eigenvalue weighted by atomic mass is 10.1. The third kappa shape index (κ3) is 2.50. The molecule has 78 valence electrons. The Kier molecular flexibility index (Phi) is 3.99.